The Morgan fingerprint density at radius 3 is 2.50 bits per heavy atom. The van der Waals surface area contributed by atoms with Crippen molar-refractivity contribution < 1.29 is 0 Å². The highest BCUT2D eigenvalue weighted by Crippen LogP contribution is 2.12. The zero-order chi connectivity index (χ0) is 11.8. The fraction of sp³-hybridized carbons (Fsp3) is 0.462. The van der Waals surface area contributed by atoms with Crippen LogP contribution in [0.4, 0.5) is 5.69 Å². The summed E-state index contributed by atoms with van der Waals surface area (Å²) in [6.45, 7) is 6.58. The van der Waals surface area contributed by atoms with Crippen molar-refractivity contribution in [1.82, 2.24) is 5.32 Å². The molecular formula is C13H19N3. The number of anilines is 1. The summed E-state index contributed by atoms with van der Waals surface area (Å²) in [5.74, 6) is 0. The smallest absolute Gasteiger partial charge is 0.113 e. The lowest BCUT2D eigenvalue weighted by Crippen LogP contribution is -2.40. The quantitative estimate of drug-likeness (QED) is 0.792. The maximum Gasteiger partial charge on any atom is 0.113 e. The van der Waals surface area contributed by atoms with Crippen molar-refractivity contribution in [3.05, 3.63) is 30.3 Å². The molecule has 1 aromatic rings. The minimum atomic E-state index is -0.106. The molecule has 0 heterocycles. The van der Waals surface area contributed by atoms with Gasteiger partial charge < -0.3 is 10.2 Å². The van der Waals surface area contributed by atoms with Crippen molar-refractivity contribution in [2.45, 2.75) is 19.9 Å². The van der Waals surface area contributed by atoms with Crippen molar-refractivity contribution in [2.24, 2.45) is 0 Å². The Kier molecular flexibility index (Phi) is 5.38. The third kappa shape index (κ3) is 3.56. The minimum Gasteiger partial charge on any atom is -0.369 e. The van der Waals surface area contributed by atoms with Gasteiger partial charge in [0.05, 0.1) is 6.07 Å². The molecule has 1 unspecified atom stereocenters. The molecule has 0 aliphatic heterocycles. The first-order valence-electron chi connectivity index (χ1n) is 5.74. The van der Waals surface area contributed by atoms with Crippen molar-refractivity contribution in [3.63, 3.8) is 0 Å². The molecule has 0 aliphatic carbocycles. The van der Waals surface area contributed by atoms with Gasteiger partial charge in [-0.15, -0.1) is 0 Å². The lowest BCUT2D eigenvalue weighted by atomic mass is 10.2. The predicted molar refractivity (Wildman–Crippen MR) is 67.4 cm³/mol. The Hall–Kier alpha value is -1.53. The van der Waals surface area contributed by atoms with Gasteiger partial charge in [0.25, 0.3) is 0 Å². The lowest BCUT2D eigenvalue weighted by Gasteiger charge is -2.25. The third-order valence-electron chi connectivity index (χ3n) is 2.51. The van der Waals surface area contributed by atoms with E-state index in [1.54, 1.807) is 0 Å². The number of rotatable bonds is 6. The zero-order valence-electron chi connectivity index (χ0n) is 9.98. The maximum absolute atomic E-state index is 9.01. The Morgan fingerprint density at radius 1 is 1.31 bits per heavy atom. The molecule has 0 bridgehead atoms. The van der Waals surface area contributed by atoms with Crippen LogP contribution in [0.2, 0.25) is 0 Å². The normalized spacial score (nSPS) is 11.8. The van der Waals surface area contributed by atoms with E-state index in [0.29, 0.717) is 0 Å². The minimum absolute atomic E-state index is 0.106. The average Bonchev–Trinajstić information content (AvgIpc) is 2.35. The summed E-state index contributed by atoms with van der Waals surface area (Å²) in [5, 5.41) is 12.2. The monoisotopic (exact) mass is 217 g/mol. The van der Waals surface area contributed by atoms with Crippen molar-refractivity contribution in [2.75, 3.05) is 24.5 Å². The Labute approximate surface area is 97.7 Å². The van der Waals surface area contributed by atoms with Gasteiger partial charge in [0.15, 0.2) is 0 Å². The van der Waals surface area contributed by atoms with E-state index in [0.717, 1.165) is 19.6 Å². The maximum atomic E-state index is 9.01. The van der Waals surface area contributed by atoms with E-state index in [4.69, 9.17) is 5.26 Å². The number of likely N-dealkylation sites (N-methyl/N-ethyl adjacent to an activating group) is 2. The molecule has 1 rings (SSSR count). The summed E-state index contributed by atoms with van der Waals surface area (Å²) >= 11 is 0. The Balaban J connectivity index is 2.65. The topological polar surface area (TPSA) is 39.1 Å². The second-order valence-electron chi connectivity index (χ2n) is 3.61. The van der Waals surface area contributed by atoms with Gasteiger partial charge in [0.1, 0.15) is 6.04 Å². The van der Waals surface area contributed by atoms with E-state index < -0.39 is 0 Å². The highest BCUT2D eigenvalue weighted by Gasteiger charge is 2.11. The van der Waals surface area contributed by atoms with Crippen LogP contribution in [0.5, 0.6) is 0 Å². The van der Waals surface area contributed by atoms with Crippen LogP contribution in [0, 0.1) is 11.3 Å². The first kappa shape index (κ1) is 12.5. The molecule has 0 radical (unpaired) electrons. The third-order valence-corrected chi connectivity index (χ3v) is 2.51. The van der Waals surface area contributed by atoms with Gasteiger partial charge in [0.2, 0.25) is 0 Å². The van der Waals surface area contributed by atoms with Crippen molar-refractivity contribution >= 4 is 5.69 Å². The summed E-state index contributed by atoms with van der Waals surface area (Å²) in [7, 11) is 0. The summed E-state index contributed by atoms with van der Waals surface area (Å²) < 4.78 is 0. The second kappa shape index (κ2) is 6.86. The van der Waals surface area contributed by atoms with E-state index in [9.17, 15) is 0 Å². The van der Waals surface area contributed by atoms with Crippen LogP contribution < -0.4 is 10.2 Å². The van der Waals surface area contributed by atoms with Crippen LogP contribution in [0.15, 0.2) is 30.3 Å². The average molecular weight is 217 g/mol. The Morgan fingerprint density at radius 2 is 2.00 bits per heavy atom. The van der Waals surface area contributed by atoms with Gasteiger partial charge in [-0.25, -0.2) is 0 Å². The largest absolute Gasteiger partial charge is 0.369 e. The number of benzene rings is 1. The number of nitriles is 1. The standard InChI is InChI=1S/C13H19N3/c1-3-15-12(10-14)11-16(4-2)13-8-6-5-7-9-13/h5-9,12,15H,3-4,11H2,1-2H3. The highest BCUT2D eigenvalue weighted by molar-refractivity contribution is 5.46. The first-order chi connectivity index (χ1) is 7.81. The Bertz CT molecular complexity index is 329. The molecule has 0 aromatic heterocycles. The van der Waals surface area contributed by atoms with Crippen LogP contribution in [0.1, 0.15) is 13.8 Å². The molecule has 86 valence electrons. The molecule has 1 atom stereocenters. The van der Waals surface area contributed by atoms with Crippen LogP contribution in [-0.4, -0.2) is 25.7 Å². The zero-order valence-corrected chi connectivity index (χ0v) is 9.98. The van der Waals surface area contributed by atoms with Crippen LogP contribution >= 0.6 is 0 Å². The number of nitrogens with zero attached hydrogens (tertiary/aromatic N) is 2. The van der Waals surface area contributed by atoms with Gasteiger partial charge in [-0.2, -0.15) is 5.26 Å². The van der Waals surface area contributed by atoms with Crippen LogP contribution in [0.25, 0.3) is 0 Å². The van der Waals surface area contributed by atoms with E-state index in [1.165, 1.54) is 5.69 Å². The first-order valence-corrected chi connectivity index (χ1v) is 5.74. The molecule has 0 aliphatic rings. The van der Waals surface area contributed by atoms with Crippen molar-refractivity contribution in [1.29, 1.82) is 5.26 Å². The predicted octanol–water partition coefficient (Wildman–Crippen LogP) is 2.01. The lowest BCUT2D eigenvalue weighted by molar-refractivity contribution is 0.606. The molecule has 1 N–H and O–H groups in total. The number of hydrogen-bond acceptors (Lipinski definition) is 3. The van der Waals surface area contributed by atoms with Gasteiger partial charge in [-0.3, -0.25) is 0 Å². The summed E-state index contributed by atoms with van der Waals surface area (Å²) in [4.78, 5) is 2.20. The fourth-order valence-corrected chi connectivity index (χ4v) is 1.67. The van der Waals surface area contributed by atoms with Crippen LogP contribution in [0.3, 0.4) is 0 Å². The summed E-state index contributed by atoms with van der Waals surface area (Å²) in [6, 6.07) is 12.4. The fourth-order valence-electron chi connectivity index (χ4n) is 1.67. The molecule has 1 aromatic carbocycles. The SMILES string of the molecule is CCNC(C#N)CN(CC)c1ccccc1. The van der Waals surface area contributed by atoms with Crippen LogP contribution in [-0.2, 0) is 0 Å². The number of nitrogens with one attached hydrogen (secondary N) is 1. The van der Waals surface area contributed by atoms with Crippen molar-refractivity contribution in [3.8, 4) is 6.07 Å². The van der Waals surface area contributed by atoms with Gasteiger partial charge in [-0.05, 0) is 25.6 Å². The van der Waals surface area contributed by atoms with E-state index in [2.05, 4.69) is 35.3 Å². The summed E-state index contributed by atoms with van der Waals surface area (Å²) in [5.41, 5.74) is 1.17. The molecule has 16 heavy (non-hydrogen) atoms. The molecule has 0 saturated carbocycles. The number of hydrogen-bond donors (Lipinski definition) is 1. The van der Waals surface area contributed by atoms with E-state index in [-0.39, 0.29) is 6.04 Å². The molecular weight excluding hydrogens is 198 g/mol. The van der Waals surface area contributed by atoms with E-state index >= 15 is 0 Å². The summed E-state index contributed by atoms with van der Waals surface area (Å²) in [6.07, 6.45) is 0. The second-order valence-corrected chi connectivity index (χ2v) is 3.61. The van der Waals surface area contributed by atoms with Gasteiger partial charge in [-0.1, -0.05) is 25.1 Å². The van der Waals surface area contributed by atoms with Gasteiger partial charge >= 0.3 is 0 Å². The van der Waals surface area contributed by atoms with Gasteiger partial charge in [0, 0.05) is 18.8 Å². The number of para-hydroxylation sites is 1. The molecule has 0 fully saturated rings. The molecule has 0 saturated heterocycles. The molecule has 3 heteroatoms. The van der Waals surface area contributed by atoms with E-state index in [1.807, 2.05) is 25.1 Å². The molecule has 3 nitrogen and oxygen atoms in total. The molecule has 0 amide bonds. The molecule has 0 spiro atoms. The highest BCUT2D eigenvalue weighted by atomic mass is 15.1.